The molecule has 0 bridgehead atoms. The molecule has 15 aromatic carbocycles. The Labute approximate surface area is 573 Å². The van der Waals surface area contributed by atoms with Crippen molar-refractivity contribution in [2.75, 3.05) is 0 Å². The Morgan fingerprint density at radius 3 is 1.08 bits per heavy atom. The molecule has 21 rings (SSSR count). The minimum atomic E-state index is 0.584. The van der Waals surface area contributed by atoms with Crippen molar-refractivity contribution in [1.29, 1.82) is 0 Å². The molecule has 0 saturated heterocycles. The van der Waals surface area contributed by atoms with Gasteiger partial charge in [0.25, 0.3) is 0 Å². The van der Waals surface area contributed by atoms with Crippen molar-refractivity contribution in [3.63, 3.8) is 0 Å². The molecule has 9 nitrogen and oxygen atoms in total. The molecule has 0 spiro atoms. The minimum Gasteiger partial charge on any atom is -0.309 e. The van der Waals surface area contributed by atoms with Gasteiger partial charge in [0.05, 0.1) is 55.3 Å². The number of fused-ring (bicyclic) bond motifs is 17. The third-order valence-corrected chi connectivity index (χ3v) is 19.8. The van der Waals surface area contributed by atoms with Crippen LogP contribution in [0.15, 0.2) is 346 Å². The lowest BCUT2D eigenvalue weighted by Crippen LogP contribution is -2.06. The fraction of sp³-hybridized carbons (Fsp3) is 0. The summed E-state index contributed by atoms with van der Waals surface area (Å²) in [4.78, 5) is 25.4. The lowest BCUT2D eigenvalue weighted by Gasteiger charge is -2.12. The Hall–Kier alpha value is -13.6. The number of nitrogens with zero attached hydrogens (tertiary/aromatic N) is 9. The van der Waals surface area contributed by atoms with Gasteiger partial charge in [-0.25, -0.2) is 15.0 Å². The highest BCUT2D eigenvalue weighted by Gasteiger charge is 2.24. The van der Waals surface area contributed by atoms with Crippen molar-refractivity contribution in [2.45, 2.75) is 0 Å². The van der Waals surface area contributed by atoms with E-state index in [9.17, 15) is 0 Å². The van der Waals surface area contributed by atoms with Crippen LogP contribution in [0.4, 0.5) is 0 Å². The van der Waals surface area contributed by atoms with Crippen LogP contribution in [0.1, 0.15) is 0 Å². The Morgan fingerprint density at radius 1 is 0.190 bits per heavy atom. The molecule has 0 aliphatic carbocycles. The summed E-state index contributed by atoms with van der Waals surface area (Å²) in [5, 5.41) is 15.8. The first-order chi connectivity index (χ1) is 49.6. The maximum Gasteiger partial charge on any atom is 0.238 e. The summed E-state index contributed by atoms with van der Waals surface area (Å²) in [6.07, 6.45) is 0. The zero-order chi connectivity index (χ0) is 65.8. The topological polar surface area (TPSA) is 84.2 Å². The first-order valence-electron chi connectivity index (χ1n) is 33.8. The first kappa shape index (κ1) is 56.7. The number of benzene rings is 15. The molecule has 100 heavy (non-hydrogen) atoms. The van der Waals surface area contributed by atoms with Crippen molar-refractivity contribution in [3.8, 4) is 68.4 Å². The summed E-state index contributed by atoms with van der Waals surface area (Å²) in [6.45, 7) is 0. The van der Waals surface area contributed by atoms with E-state index >= 15 is 0 Å². The quantitative estimate of drug-likeness (QED) is 0.151. The number of rotatable bonds is 8. The monoisotopic (exact) mass is 1280 g/mol. The highest BCUT2D eigenvalue weighted by Crippen LogP contribution is 2.45. The maximum atomic E-state index is 5.15. The van der Waals surface area contributed by atoms with Crippen LogP contribution in [0.5, 0.6) is 0 Å². The second kappa shape index (κ2) is 23.0. The summed E-state index contributed by atoms with van der Waals surface area (Å²) in [6, 6.07) is 122. The molecule has 0 atom stereocenters. The Bertz CT molecular complexity index is 6740. The second-order valence-electron chi connectivity index (χ2n) is 25.5. The second-order valence-corrected chi connectivity index (χ2v) is 25.5. The Morgan fingerprint density at radius 2 is 0.560 bits per heavy atom. The van der Waals surface area contributed by atoms with Gasteiger partial charge in [0.15, 0.2) is 17.5 Å². The summed E-state index contributed by atoms with van der Waals surface area (Å²) >= 11 is 0. The zero-order valence-electron chi connectivity index (χ0n) is 53.9. The van der Waals surface area contributed by atoms with Crippen molar-refractivity contribution in [1.82, 2.24) is 43.2 Å². The first-order valence-corrected chi connectivity index (χ1v) is 33.8. The van der Waals surface area contributed by atoms with Crippen LogP contribution < -0.4 is 0 Å². The van der Waals surface area contributed by atoms with E-state index in [1.54, 1.807) is 0 Å². The number of hydrogen-bond donors (Lipinski definition) is 0. The standard InChI is InChI=1S/C48H30N4.C43H27N5/c1-3-14-32(15-4-1)47-38-20-9-11-21-41(38)49-48(50-47)33-23-26-35(27-24-33)51-42-22-12-10-19-37(42)39-29-40-45(30-44(39)51)52(34-16-5-2-6-17-34)43-28-25-31-13-7-8-18-36(31)46(40)43;1-4-15-29(16-5-1)41-44-42(30-17-6-2-7-18-30)46-43(45-41)48-36-23-13-12-22-33(36)34-26-35-39(27-38(34)48)47(31-19-8-3-9-20-31)37-25-24-28-14-10-11-21-32(28)40(35)37/h1-30H;1-27H. The van der Waals surface area contributed by atoms with Crippen LogP contribution in [-0.4, -0.2) is 43.2 Å². The number of hydrogen-bond acceptors (Lipinski definition) is 5. The van der Waals surface area contributed by atoms with Gasteiger partial charge in [-0.05, 0) is 125 Å². The molecule has 6 heterocycles. The molecule has 6 aromatic heterocycles. The normalized spacial score (nSPS) is 11.8. The van der Waals surface area contributed by atoms with E-state index in [0.717, 1.165) is 83.2 Å². The fourth-order valence-electron chi connectivity index (χ4n) is 15.4. The molecular formula is C91H57N9. The highest BCUT2D eigenvalue weighted by molar-refractivity contribution is 6.27. The smallest absolute Gasteiger partial charge is 0.238 e. The van der Waals surface area contributed by atoms with E-state index in [1.165, 1.54) is 81.4 Å². The van der Waals surface area contributed by atoms with Gasteiger partial charge in [-0.1, -0.05) is 243 Å². The highest BCUT2D eigenvalue weighted by atomic mass is 15.2. The zero-order valence-corrected chi connectivity index (χ0v) is 53.9. The van der Waals surface area contributed by atoms with Gasteiger partial charge in [-0.2, -0.15) is 9.97 Å². The number of aromatic nitrogens is 9. The molecule has 0 saturated carbocycles. The van der Waals surface area contributed by atoms with E-state index in [0.29, 0.717) is 23.4 Å². The molecule has 21 aromatic rings. The Balaban J connectivity index is 0.000000135. The van der Waals surface area contributed by atoms with Gasteiger partial charge in [0.2, 0.25) is 5.95 Å². The summed E-state index contributed by atoms with van der Waals surface area (Å²) in [7, 11) is 0. The van der Waals surface area contributed by atoms with Gasteiger partial charge in [-0.3, -0.25) is 4.57 Å². The third kappa shape index (κ3) is 9.13. The van der Waals surface area contributed by atoms with E-state index in [-0.39, 0.29) is 0 Å². The van der Waals surface area contributed by atoms with Gasteiger partial charge >= 0.3 is 0 Å². The summed E-state index contributed by atoms with van der Waals surface area (Å²) in [5.41, 5.74) is 18.3. The predicted molar refractivity (Wildman–Crippen MR) is 413 cm³/mol. The van der Waals surface area contributed by atoms with Crippen LogP contribution in [0.2, 0.25) is 0 Å². The molecule has 466 valence electrons. The molecule has 0 radical (unpaired) electrons. The fourth-order valence-corrected chi connectivity index (χ4v) is 15.4. The lowest BCUT2D eigenvalue weighted by atomic mass is 10.0. The minimum absolute atomic E-state index is 0.584. The summed E-state index contributed by atoms with van der Waals surface area (Å²) in [5.74, 6) is 2.57. The van der Waals surface area contributed by atoms with Crippen LogP contribution in [0, 0.1) is 0 Å². The third-order valence-electron chi connectivity index (χ3n) is 19.8. The van der Waals surface area contributed by atoms with Crippen molar-refractivity contribution in [2.24, 2.45) is 0 Å². The van der Waals surface area contributed by atoms with Crippen LogP contribution in [-0.2, 0) is 0 Å². The van der Waals surface area contributed by atoms with Crippen molar-refractivity contribution < 1.29 is 0 Å². The van der Waals surface area contributed by atoms with E-state index in [4.69, 9.17) is 24.9 Å². The predicted octanol–water partition coefficient (Wildman–Crippen LogP) is 22.9. The van der Waals surface area contributed by atoms with Crippen molar-refractivity contribution in [3.05, 3.63) is 346 Å². The molecule has 9 heteroatoms. The summed E-state index contributed by atoms with van der Waals surface area (Å²) < 4.78 is 9.41. The molecule has 0 fully saturated rings. The van der Waals surface area contributed by atoms with Gasteiger partial charge in [0, 0.05) is 87.8 Å². The largest absolute Gasteiger partial charge is 0.309 e. The molecule has 0 N–H and O–H groups in total. The van der Waals surface area contributed by atoms with Crippen LogP contribution in [0.3, 0.4) is 0 Å². The van der Waals surface area contributed by atoms with Crippen LogP contribution >= 0.6 is 0 Å². The Kier molecular flexibility index (Phi) is 13.1. The average molecular weight is 1280 g/mol. The maximum absolute atomic E-state index is 5.15. The SMILES string of the molecule is c1ccc(-c2nc(-c3ccc(-n4c5ccccc5c5cc6c7c8ccccc8ccc7n(-c7ccccc7)c6cc54)cc3)nc3ccccc23)cc1.c1ccc(-c2nc(-c3ccccc3)nc(-n3c4ccccc4c4cc5c6c7ccccc7ccc6n(-c6ccccc6)c5cc43)n2)cc1. The van der Waals surface area contributed by atoms with E-state index in [2.05, 4.69) is 285 Å². The van der Waals surface area contributed by atoms with Crippen LogP contribution in [0.25, 0.3) is 188 Å². The molecule has 0 aliphatic rings. The van der Waals surface area contributed by atoms with E-state index < -0.39 is 0 Å². The van der Waals surface area contributed by atoms with E-state index in [1.807, 2.05) is 78.9 Å². The molecular weight excluding hydrogens is 1220 g/mol. The molecule has 0 amide bonds. The molecule has 0 aliphatic heterocycles. The lowest BCUT2D eigenvalue weighted by molar-refractivity contribution is 0.953. The van der Waals surface area contributed by atoms with Gasteiger partial charge in [-0.15, -0.1) is 0 Å². The van der Waals surface area contributed by atoms with Gasteiger partial charge in [0.1, 0.15) is 0 Å². The molecule has 0 unspecified atom stereocenters. The van der Waals surface area contributed by atoms with Gasteiger partial charge < -0.3 is 13.7 Å². The van der Waals surface area contributed by atoms with Crippen molar-refractivity contribution >= 4 is 120 Å². The average Bonchev–Trinajstić information content (AvgIpc) is 1.56. The number of para-hydroxylation sites is 5.